The molecule has 0 spiro atoms. The summed E-state index contributed by atoms with van der Waals surface area (Å²) in [7, 11) is 0. The topological polar surface area (TPSA) is 146 Å². The summed E-state index contributed by atoms with van der Waals surface area (Å²) in [6, 6.07) is 16.2. The smallest absolute Gasteiger partial charge is 0.328 e. The molecule has 38 heavy (non-hydrogen) atoms. The number of piperidine rings is 1. The Bertz CT molecular complexity index is 1210. The van der Waals surface area contributed by atoms with E-state index in [0.29, 0.717) is 30.2 Å². The maximum absolute atomic E-state index is 13.0. The van der Waals surface area contributed by atoms with E-state index < -0.39 is 11.9 Å². The second kappa shape index (κ2) is 14.4. The van der Waals surface area contributed by atoms with Crippen LogP contribution in [-0.2, 0) is 16.1 Å². The van der Waals surface area contributed by atoms with Gasteiger partial charge in [0.25, 0.3) is 17.6 Å². The van der Waals surface area contributed by atoms with E-state index in [1.54, 1.807) is 0 Å². The van der Waals surface area contributed by atoms with Gasteiger partial charge in [-0.15, -0.1) is 0 Å². The van der Waals surface area contributed by atoms with E-state index in [4.69, 9.17) is 14.7 Å². The maximum atomic E-state index is 13.0. The van der Waals surface area contributed by atoms with Gasteiger partial charge in [0.1, 0.15) is 5.82 Å². The van der Waals surface area contributed by atoms with Crippen molar-refractivity contribution >= 4 is 17.8 Å². The highest BCUT2D eigenvalue weighted by Gasteiger charge is 2.20. The standard InChI is InChI=1S/C23H25FN4O2.C4H4O4/c24-20-8-6-19(7-9-20)23-26-21(27-30-23)22(29)25-13-10-17-11-14-28(15-12-17)16-18-4-2-1-3-5-18;5-3(6)1-2-4(7)8/h1-9,17H,10-16H2,(H,25,29);1-2H,(H,5,6)(H,7,8). The number of carbonyl (C=O) groups excluding carboxylic acids is 1. The van der Waals surface area contributed by atoms with E-state index in [2.05, 4.69) is 44.6 Å². The lowest BCUT2D eigenvalue weighted by atomic mass is 9.93. The van der Waals surface area contributed by atoms with Crippen molar-refractivity contribution in [1.29, 1.82) is 0 Å². The molecule has 10 nitrogen and oxygen atoms in total. The van der Waals surface area contributed by atoms with E-state index in [9.17, 15) is 18.8 Å². The molecular weight excluding hydrogens is 495 g/mol. The fraction of sp³-hybridized carbons (Fsp3) is 0.296. The minimum Gasteiger partial charge on any atom is -0.478 e. The molecule has 2 aromatic carbocycles. The van der Waals surface area contributed by atoms with Gasteiger partial charge in [0.15, 0.2) is 0 Å². The van der Waals surface area contributed by atoms with Crippen LogP contribution in [-0.4, -0.2) is 62.7 Å². The normalized spacial score (nSPS) is 14.0. The number of aromatic nitrogens is 2. The third-order valence-corrected chi connectivity index (χ3v) is 5.88. The van der Waals surface area contributed by atoms with Crippen molar-refractivity contribution in [3.63, 3.8) is 0 Å². The molecule has 0 saturated carbocycles. The molecule has 2 heterocycles. The second-order valence-corrected chi connectivity index (χ2v) is 8.69. The summed E-state index contributed by atoms with van der Waals surface area (Å²) in [6.45, 7) is 3.75. The van der Waals surface area contributed by atoms with Crippen molar-refractivity contribution in [2.24, 2.45) is 5.92 Å². The molecule has 0 bridgehead atoms. The summed E-state index contributed by atoms with van der Waals surface area (Å²) in [5.41, 5.74) is 1.92. The van der Waals surface area contributed by atoms with Crippen LogP contribution in [0.4, 0.5) is 4.39 Å². The van der Waals surface area contributed by atoms with Crippen molar-refractivity contribution in [1.82, 2.24) is 20.4 Å². The Kier molecular flexibility index (Phi) is 10.7. The quantitative estimate of drug-likeness (QED) is 0.357. The van der Waals surface area contributed by atoms with Crippen LogP contribution in [0.2, 0.25) is 0 Å². The van der Waals surface area contributed by atoms with Crippen LogP contribution in [0.1, 0.15) is 35.4 Å². The monoisotopic (exact) mass is 524 g/mol. The Labute approximate surface area is 218 Å². The number of carbonyl (C=O) groups is 3. The zero-order valence-corrected chi connectivity index (χ0v) is 20.6. The Morgan fingerprint density at radius 3 is 2.24 bits per heavy atom. The number of hydrogen-bond donors (Lipinski definition) is 3. The molecule has 3 N–H and O–H groups in total. The van der Waals surface area contributed by atoms with Gasteiger partial charge in [-0.1, -0.05) is 35.5 Å². The van der Waals surface area contributed by atoms with E-state index >= 15 is 0 Å². The first kappa shape index (κ1) is 28.2. The number of nitrogens with one attached hydrogen (secondary N) is 1. The molecule has 200 valence electrons. The van der Waals surface area contributed by atoms with E-state index in [0.717, 1.165) is 38.9 Å². The number of hydrogen-bond acceptors (Lipinski definition) is 7. The van der Waals surface area contributed by atoms with Crippen molar-refractivity contribution < 1.29 is 33.5 Å². The lowest BCUT2D eigenvalue weighted by Gasteiger charge is -2.32. The molecular formula is C27H29FN4O6. The average Bonchev–Trinajstić information content (AvgIpc) is 3.40. The van der Waals surface area contributed by atoms with Gasteiger partial charge in [-0.25, -0.2) is 14.0 Å². The van der Waals surface area contributed by atoms with Crippen molar-refractivity contribution in [2.75, 3.05) is 19.6 Å². The Balaban J connectivity index is 0.000000436. The fourth-order valence-electron chi connectivity index (χ4n) is 3.91. The van der Waals surface area contributed by atoms with Crippen molar-refractivity contribution in [2.45, 2.75) is 25.8 Å². The van der Waals surface area contributed by atoms with E-state index in [-0.39, 0.29) is 23.4 Å². The first-order valence-electron chi connectivity index (χ1n) is 12.1. The molecule has 1 aliphatic heterocycles. The zero-order chi connectivity index (χ0) is 27.3. The van der Waals surface area contributed by atoms with Crippen LogP contribution in [0.25, 0.3) is 11.5 Å². The van der Waals surface area contributed by atoms with Gasteiger partial charge in [0.05, 0.1) is 0 Å². The largest absolute Gasteiger partial charge is 0.478 e. The summed E-state index contributed by atoms with van der Waals surface area (Å²) in [4.78, 5) is 38.0. The Hall–Kier alpha value is -4.38. The number of amides is 1. The molecule has 3 aromatic rings. The lowest BCUT2D eigenvalue weighted by molar-refractivity contribution is -0.134. The van der Waals surface area contributed by atoms with Gasteiger partial charge in [-0.05, 0) is 68.1 Å². The molecule has 11 heteroatoms. The van der Waals surface area contributed by atoms with Crippen LogP contribution in [0.3, 0.4) is 0 Å². The maximum Gasteiger partial charge on any atom is 0.328 e. The van der Waals surface area contributed by atoms with Crippen LogP contribution in [0.15, 0.2) is 71.3 Å². The van der Waals surface area contributed by atoms with Crippen molar-refractivity contribution in [3.8, 4) is 11.5 Å². The van der Waals surface area contributed by atoms with E-state index in [1.165, 1.54) is 29.8 Å². The number of nitrogens with zero attached hydrogens (tertiary/aromatic N) is 3. The Morgan fingerprint density at radius 1 is 1.00 bits per heavy atom. The predicted molar refractivity (Wildman–Crippen MR) is 135 cm³/mol. The average molecular weight is 525 g/mol. The van der Waals surface area contributed by atoms with Gasteiger partial charge in [-0.2, -0.15) is 4.98 Å². The Morgan fingerprint density at radius 2 is 1.63 bits per heavy atom. The summed E-state index contributed by atoms with van der Waals surface area (Å²) >= 11 is 0. The van der Waals surface area contributed by atoms with Gasteiger partial charge >= 0.3 is 11.9 Å². The van der Waals surface area contributed by atoms with Crippen LogP contribution in [0.5, 0.6) is 0 Å². The molecule has 1 fully saturated rings. The lowest BCUT2D eigenvalue weighted by Crippen LogP contribution is -2.35. The highest BCUT2D eigenvalue weighted by atomic mass is 19.1. The third-order valence-electron chi connectivity index (χ3n) is 5.88. The first-order chi connectivity index (χ1) is 18.3. The molecule has 1 aliphatic rings. The summed E-state index contributed by atoms with van der Waals surface area (Å²) in [5.74, 6) is -2.41. The minimum absolute atomic E-state index is 0.00740. The highest BCUT2D eigenvalue weighted by molar-refractivity contribution is 5.90. The number of benzene rings is 2. The molecule has 1 saturated heterocycles. The fourth-order valence-corrected chi connectivity index (χ4v) is 3.91. The minimum atomic E-state index is -1.26. The highest BCUT2D eigenvalue weighted by Crippen LogP contribution is 2.22. The molecule has 1 amide bonds. The number of carboxylic acids is 2. The molecule has 0 atom stereocenters. The van der Waals surface area contributed by atoms with Crippen LogP contribution < -0.4 is 5.32 Å². The number of carboxylic acid groups (broad SMARTS) is 2. The molecule has 1 aromatic heterocycles. The predicted octanol–water partition coefficient (Wildman–Crippen LogP) is 3.62. The van der Waals surface area contributed by atoms with Crippen LogP contribution in [0, 0.1) is 11.7 Å². The number of aliphatic carboxylic acids is 2. The molecule has 0 aliphatic carbocycles. The van der Waals surface area contributed by atoms with Gasteiger partial charge < -0.3 is 20.1 Å². The van der Waals surface area contributed by atoms with Gasteiger partial charge in [0, 0.05) is 30.8 Å². The summed E-state index contributed by atoms with van der Waals surface area (Å²) in [6.07, 6.45) is 4.33. The van der Waals surface area contributed by atoms with Gasteiger partial charge in [-0.3, -0.25) is 9.69 Å². The van der Waals surface area contributed by atoms with Gasteiger partial charge in [0.2, 0.25) is 0 Å². The molecule has 4 rings (SSSR count). The second-order valence-electron chi connectivity index (χ2n) is 8.69. The SMILES string of the molecule is O=C(NCCC1CCN(Cc2ccccc2)CC1)c1noc(-c2ccc(F)cc2)n1.O=C(O)C=CC(=O)O. The third kappa shape index (κ3) is 9.58. The van der Waals surface area contributed by atoms with Crippen molar-refractivity contribution in [3.05, 3.63) is 84.0 Å². The number of likely N-dealkylation sites (tertiary alicyclic amines) is 1. The first-order valence-corrected chi connectivity index (χ1v) is 12.1. The summed E-state index contributed by atoms with van der Waals surface area (Å²) < 4.78 is 18.1. The molecule has 0 unspecified atom stereocenters. The zero-order valence-electron chi connectivity index (χ0n) is 20.6. The number of halogens is 1. The van der Waals surface area contributed by atoms with E-state index in [1.807, 2.05) is 6.07 Å². The molecule has 0 radical (unpaired) electrons. The van der Waals surface area contributed by atoms with Crippen LogP contribution >= 0.6 is 0 Å². The number of rotatable bonds is 9. The summed E-state index contributed by atoms with van der Waals surface area (Å²) in [5, 5.41) is 22.2.